The molecule has 0 fully saturated rings. The number of carbonyl (C=O) groups is 1. The Morgan fingerprint density at radius 3 is 2.74 bits per heavy atom. The number of hydrogen-bond donors (Lipinski definition) is 3. The maximum atomic E-state index is 12.1. The number of guanidine groups is 1. The van der Waals surface area contributed by atoms with Gasteiger partial charge < -0.3 is 16.0 Å². The first-order valence-electron chi connectivity index (χ1n) is 8.96. The van der Waals surface area contributed by atoms with Gasteiger partial charge in [0.25, 0.3) is 0 Å². The van der Waals surface area contributed by atoms with E-state index in [0.29, 0.717) is 29.6 Å². The van der Waals surface area contributed by atoms with Crippen molar-refractivity contribution in [1.29, 1.82) is 0 Å². The average molecular weight is 408 g/mol. The fraction of sp³-hybridized carbons (Fsp3) is 0.421. The number of thiazole rings is 1. The van der Waals surface area contributed by atoms with Crippen LogP contribution < -0.4 is 16.0 Å². The number of aromatic nitrogens is 1. The molecule has 0 bridgehead atoms. The molecule has 1 aromatic heterocycles. The van der Waals surface area contributed by atoms with E-state index in [9.17, 15) is 4.79 Å². The molecule has 0 atom stereocenters. The van der Waals surface area contributed by atoms with Gasteiger partial charge in [0, 0.05) is 44.1 Å². The maximum absolute atomic E-state index is 12.1. The number of aliphatic imine (C=N–C) groups is 1. The smallest absolute Gasteiger partial charge is 0.226 e. The second-order valence-corrected chi connectivity index (χ2v) is 7.64. The lowest BCUT2D eigenvalue weighted by molar-refractivity contribution is -0.116. The number of hydrogen-bond acceptors (Lipinski definition) is 4. The SMILES string of the molecule is CCc1cnc(CCNC(=NC)NCCC(=O)Nc2ccc(C)cc2Cl)s1. The number of amides is 1. The number of aryl methyl sites for hydroxylation is 2. The summed E-state index contributed by atoms with van der Waals surface area (Å²) in [6.45, 7) is 5.30. The third-order valence-electron chi connectivity index (χ3n) is 3.85. The molecule has 0 aliphatic carbocycles. The highest BCUT2D eigenvalue weighted by Gasteiger charge is 2.07. The first-order valence-corrected chi connectivity index (χ1v) is 10.2. The summed E-state index contributed by atoms with van der Waals surface area (Å²) in [7, 11) is 1.71. The molecule has 0 aliphatic heterocycles. The third-order valence-corrected chi connectivity index (χ3v) is 5.36. The zero-order valence-corrected chi connectivity index (χ0v) is 17.5. The number of benzene rings is 1. The summed E-state index contributed by atoms with van der Waals surface area (Å²) in [6, 6.07) is 5.55. The van der Waals surface area contributed by atoms with Crippen molar-refractivity contribution in [2.45, 2.75) is 33.1 Å². The van der Waals surface area contributed by atoms with Crippen LogP contribution in [0.15, 0.2) is 29.4 Å². The lowest BCUT2D eigenvalue weighted by Gasteiger charge is -2.12. The van der Waals surface area contributed by atoms with Crippen molar-refractivity contribution in [3.63, 3.8) is 0 Å². The van der Waals surface area contributed by atoms with E-state index in [2.05, 4.69) is 32.9 Å². The molecule has 2 aromatic rings. The van der Waals surface area contributed by atoms with Crippen LogP contribution in [-0.2, 0) is 17.6 Å². The number of halogens is 1. The van der Waals surface area contributed by atoms with Gasteiger partial charge in [-0.3, -0.25) is 9.79 Å². The van der Waals surface area contributed by atoms with E-state index < -0.39 is 0 Å². The molecule has 0 saturated heterocycles. The molecule has 8 heteroatoms. The minimum atomic E-state index is -0.0985. The molecule has 2 rings (SSSR count). The van der Waals surface area contributed by atoms with Crippen LogP contribution in [0.5, 0.6) is 0 Å². The number of carbonyl (C=O) groups excluding carboxylic acids is 1. The van der Waals surface area contributed by atoms with Crippen molar-refractivity contribution < 1.29 is 4.79 Å². The minimum absolute atomic E-state index is 0.0985. The molecule has 0 unspecified atom stereocenters. The van der Waals surface area contributed by atoms with E-state index in [-0.39, 0.29) is 5.91 Å². The maximum Gasteiger partial charge on any atom is 0.226 e. The van der Waals surface area contributed by atoms with E-state index >= 15 is 0 Å². The minimum Gasteiger partial charge on any atom is -0.356 e. The molecule has 3 N–H and O–H groups in total. The number of anilines is 1. The fourth-order valence-electron chi connectivity index (χ4n) is 2.36. The van der Waals surface area contributed by atoms with Gasteiger partial charge in [-0.25, -0.2) is 4.98 Å². The first kappa shape index (κ1) is 21.2. The lowest BCUT2D eigenvalue weighted by atomic mass is 10.2. The molecule has 0 radical (unpaired) electrons. The highest BCUT2D eigenvalue weighted by molar-refractivity contribution is 7.11. The molecule has 1 aromatic carbocycles. The Morgan fingerprint density at radius 1 is 1.30 bits per heavy atom. The van der Waals surface area contributed by atoms with Crippen molar-refractivity contribution in [3.05, 3.63) is 44.9 Å². The summed E-state index contributed by atoms with van der Waals surface area (Å²) in [5.74, 6) is 0.571. The van der Waals surface area contributed by atoms with Gasteiger partial charge in [0.1, 0.15) is 0 Å². The summed E-state index contributed by atoms with van der Waals surface area (Å²) in [5.41, 5.74) is 1.68. The zero-order chi connectivity index (χ0) is 19.6. The predicted octanol–water partition coefficient (Wildman–Crippen LogP) is 3.40. The van der Waals surface area contributed by atoms with Crippen molar-refractivity contribution in [2.75, 3.05) is 25.5 Å². The van der Waals surface area contributed by atoms with Crippen molar-refractivity contribution in [2.24, 2.45) is 4.99 Å². The van der Waals surface area contributed by atoms with Crippen LogP contribution in [0.4, 0.5) is 5.69 Å². The van der Waals surface area contributed by atoms with Crippen molar-refractivity contribution in [1.82, 2.24) is 15.6 Å². The second kappa shape index (κ2) is 10.9. The highest BCUT2D eigenvalue weighted by Crippen LogP contribution is 2.22. The van der Waals surface area contributed by atoms with Crippen LogP contribution in [0.3, 0.4) is 0 Å². The third kappa shape index (κ3) is 7.19. The van der Waals surface area contributed by atoms with Gasteiger partial charge in [-0.2, -0.15) is 0 Å². The van der Waals surface area contributed by atoms with Gasteiger partial charge in [0.2, 0.25) is 5.91 Å². The van der Waals surface area contributed by atoms with Gasteiger partial charge in [-0.05, 0) is 31.0 Å². The van der Waals surface area contributed by atoms with Gasteiger partial charge in [-0.1, -0.05) is 24.6 Å². The van der Waals surface area contributed by atoms with Gasteiger partial charge >= 0.3 is 0 Å². The Morgan fingerprint density at radius 2 is 2.07 bits per heavy atom. The number of rotatable bonds is 8. The molecule has 146 valence electrons. The van der Waals surface area contributed by atoms with E-state index in [1.807, 2.05) is 31.3 Å². The Bertz CT molecular complexity index is 790. The molecule has 27 heavy (non-hydrogen) atoms. The monoisotopic (exact) mass is 407 g/mol. The van der Waals surface area contributed by atoms with E-state index in [0.717, 1.165) is 30.0 Å². The van der Waals surface area contributed by atoms with Crippen LogP contribution in [0.1, 0.15) is 28.8 Å². The second-order valence-electron chi connectivity index (χ2n) is 6.03. The summed E-state index contributed by atoms with van der Waals surface area (Å²) in [5, 5.41) is 10.9. The Kier molecular flexibility index (Phi) is 8.54. The van der Waals surface area contributed by atoms with Crippen molar-refractivity contribution in [3.8, 4) is 0 Å². The van der Waals surface area contributed by atoms with Crippen LogP contribution in [0.2, 0.25) is 5.02 Å². The molecule has 1 heterocycles. The van der Waals surface area contributed by atoms with Crippen LogP contribution in [-0.4, -0.2) is 37.0 Å². The lowest BCUT2D eigenvalue weighted by Crippen LogP contribution is -2.39. The normalized spacial score (nSPS) is 11.3. The Balaban J connectivity index is 1.68. The van der Waals surface area contributed by atoms with E-state index in [1.165, 1.54) is 4.88 Å². The largest absolute Gasteiger partial charge is 0.356 e. The first-order chi connectivity index (χ1) is 13.0. The average Bonchev–Trinajstić information content (AvgIpc) is 3.11. The molecular weight excluding hydrogens is 382 g/mol. The van der Waals surface area contributed by atoms with Gasteiger partial charge in [0.15, 0.2) is 5.96 Å². The molecular formula is C19H26ClN5OS. The molecule has 1 amide bonds. The summed E-state index contributed by atoms with van der Waals surface area (Å²) in [4.78, 5) is 21.9. The Labute approximate surface area is 169 Å². The van der Waals surface area contributed by atoms with Crippen LogP contribution in [0.25, 0.3) is 0 Å². The van der Waals surface area contributed by atoms with E-state index in [1.54, 1.807) is 18.4 Å². The quantitative estimate of drug-likeness (QED) is 0.463. The van der Waals surface area contributed by atoms with Crippen LogP contribution in [0, 0.1) is 6.92 Å². The zero-order valence-electron chi connectivity index (χ0n) is 15.9. The topological polar surface area (TPSA) is 78.4 Å². The summed E-state index contributed by atoms with van der Waals surface area (Å²) in [6.07, 6.45) is 4.12. The molecule has 6 nitrogen and oxygen atoms in total. The number of nitrogens with zero attached hydrogens (tertiary/aromatic N) is 2. The van der Waals surface area contributed by atoms with E-state index in [4.69, 9.17) is 11.6 Å². The Hall–Kier alpha value is -2.12. The summed E-state index contributed by atoms with van der Waals surface area (Å²) >= 11 is 7.88. The van der Waals surface area contributed by atoms with Crippen molar-refractivity contribution >= 4 is 40.5 Å². The number of nitrogens with one attached hydrogen (secondary N) is 3. The molecule has 0 spiro atoms. The highest BCUT2D eigenvalue weighted by atomic mass is 35.5. The fourth-order valence-corrected chi connectivity index (χ4v) is 3.51. The van der Waals surface area contributed by atoms with Gasteiger partial charge in [0.05, 0.1) is 15.7 Å². The summed E-state index contributed by atoms with van der Waals surface area (Å²) < 4.78 is 0. The van der Waals surface area contributed by atoms with Gasteiger partial charge in [-0.15, -0.1) is 11.3 Å². The molecule has 0 saturated carbocycles. The van der Waals surface area contributed by atoms with Crippen LogP contribution >= 0.6 is 22.9 Å². The predicted molar refractivity (Wildman–Crippen MR) is 114 cm³/mol. The molecule has 0 aliphatic rings. The standard InChI is InChI=1S/C19H26ClN5OS/c1-4-14-12-24-18(27-14)8-10-23-19(21-3)22-9-7-17(26)25-16-6-5-13(2)11-15(16)20/h5-6,11-12H,4,7-10H2,1-3H3,(H,25,26)(H2,21,22,23).